The van der Waals surface area contributed by atoms with E-state index in [0.29, 0.717) is 6.42 Å². The zero-order valence-corrected chi connectivity index (χ0v) is 14.0. The molecule has 4 heteroatoms. The van der Waals surface area contributed by atoms with Crippen LogP contribution in [0.15, 0.2) is 30.3 Å². The Balaban J connectivity index is 2.01. The number of aryl methyl sites for hydroxylation is 3. The summed E-state index contributed by atoms with van der Waals surface area (Å²) in [4.78, 5) is 13.9. The predicted molar refractivity (Wildman–Crippen MR) is 89.3 cm³/mol. The second kappa shape index (κ2) is 7.25. The molecule has 2 aromatic rings. The minimum absolute atomic E-state index is 0.229. The molecule has 0 fully saturated rings. The first-order valence-corrected chi connectivity index (χ1v) is 7.95. The molecule has 1 aromatic carbocycles. The van der Waals surface area contributed by atoms with Crippen LogP contribution >= 0.6 is 0 Å². The van der Waals surface area contributed by atoms with Crippen molar-refractivity contribution in [2.75, 3.05) is 13.1 Å². The molecule has 0 radical (unpaired) electrons. The van der Waals surface area contributed by atoms with Crippen LogP contribution in [0.5, 0.6) is 0 Å². The monoisotopic (exact) mass is 299 g/mol. The molecule has 0 N–H and O–H groups in total. The van der Waals surface area contributed by atoms with Gasteiger partial charge in [-0.25, -0.2) is 4.68 Å². The fraction of sp³-hybridized carbons (Fsp3) is 0.444. The lowest BCUT2D eigenvalue weighted by Crippen LogP contribution is -2.30. The van der Waals surface area contributed by atoms with Crippen molar-refractivity contribution in [2.24, 2.45) is 0 Å². The number of nitrogens with zero attached hydrogens (tertiary/aromatic N) is 3. The summed E-state index contributed by atoms with van der Waals surface area (Å²) in [5, 5.41) is 4.49. The lowest BCUT2D eigenvalue weighted by molar-refractivity contribution is -0.130. The van der Waals surface area contributed by atoms with E-state index in [9.17, 15) is 4.79 Å². The summed E-state index contributed by atoms with van der Waals surface area (Å²) >= 11 is 0. The highest BCUT2D eigenvalue weighted by Crippen LogP contribution is 2.14. The fourth-order valence-electron chi connectivity index (χ4n) is 2.68. The largest absolute Gasteiger partial charge is 0.343 e. The van der Waals surface area contributed by atoms with E-state index in [-0.39, 0.29) is 5.91 Å². The summed E-state index contributed by atoms with van der Waals surface area (Å²) in [7, 11) is 0. The Morgan fingerprint density at radius 3 is 2.27 bits per heavy atom. The van der Waals surface area contributed by atoms with Gasteiger partial charge in [0.2, 0.25) is 5.91 Å². The van der Waals surface area contributed by atoms with Crippen LogP contribution in [0.1, 0.15) is 37.2 Å². The van der Waals surface area contributed by atoms with Crippen LogP contribution in [-0.4, -0.2) is 33.7 Å². The Morgan fingerprint density at radius 2 is 1.77 bits per heavy atom. The van der Waals surface area contributed by atoms with Crippen molar-refractivity contribution >= 4 is 5.91 Å². The Bertz CT molecular complexity index is 624. The number of hydrogen-bond acceptors (Lipinski definition) is 2. The number of aromatic nitrogens is 2. The summed E-state index contributed by atoms with van der Waals surface area (Å²) < 4.78 is 1.94. The minimum Gasteiger partial charge on any atom is -0.343 e. The van der Waals surface area contributed by atoms with Gasteiger partial charge in [0.15, 0.2) is 0 Å². The van der Waals surface area contributed by atoms with E-state index in [1.54, 1.807) is 0 Å². The quantitative estimate of drug-likeness (QED) is 0.821. The molecule has 4 nitrogen and oxygen atoms in total. The Hall–Kier alpha value is -2.10. The standard InChI is InChI=1S/C18H25N3O/c1-5-20(6-2)18(22)12-9-16-7-10-17(11-8-16)21-15(4)13-14(3)19-21/h7-8,10-11,13H,5-6,9,12H2,1-4H3. The van der Waals surface area contributed by atoms with Crippen LogP contribution in [-0.2, 0) is 11.2 Å². The number of benzene rings is 1. The molecule has 22 heavy (non-hydrogen) atoms. The van der Waals surface area contributed by atoms with Gasteiger partial charge in [0.1, 0.15) is 0 Å². The Labute approximate surface area is 132 Å². The molecule has 0 spiro atoms. The van der Waals surface area contributed by atoms with E-state index in [0.717, 1.165) is 36.6 Å². The van der Waals surface area contributed by atoms with Gasteiger partial charge in [0, 0.05) is 25.2 Å². The first kappa shape index (κ1) is 16.3. The molecule has 0 aliphatic carbocycles. The number of rotatable bonds is 6. The first-order valence-electron chi connectivity index (χ1n) is 7.95. The van der Waals surface area contributed by atoms with E-state index < -0.39 is 0 Å². The molecular formula is C18H25N3O. The Morgan fingerprint density at radius 1 is 1.14 bits per heavy atom. The summed E-state index contributed by atoms with van der Waals surface area (Å²) in [5.74, 6) is 0.229. The molecule has 1 heterocycles. The number of hydrogen-bond donors (Lipinski definition) is 0. The van der Waals surface area contributed by atoms with E-state index in [2.05, 4.69) is 42.4 Å². The van der Waals surface area contributed by atoms with Crippen molar-refractivity contribution in [3.8, 4) is 5.69 Å². The van der Waals surface area contributed by atoms with E-state index >= 15 is 0 Å². The zero-order chi connectivity index (χ0) is 16.1. The van der Waals surface area contributed by atoms with Crippen molar-refractivity contribution < 1.29 is 4.79 Å². The second-order valence-electron chi connectivity index (χ2n) is 5.57. The van der Waals surface area contributed by atoms with Crippen molar-refractivity contribution in [2.45, 2.75) is 40.5 Å². The highest BCUT2D eigenvalue weighted by molar-refractivity contribution is 5.76. The molecule has 0 aliphatic heterocycles. The maximum atomic E-state index is 12.0. The molecule has 2 rings (SSSR count). The van der Waals surface area contributed by atoms with Crippen LogP contribution in [0.3, 0.4) is 0 Å². The van der Waals surface area contributed by atoms with Crippen molar-refractivity contribution in [3.63, 3.8) is 0 Å². The smallest absolute Gasteiger partial charge is 0.222 e. The third-order valence-corrected chi connectivity index (χ3v) is 3.93. The molecular weight excluding hydrogens is 274 g/mol. The SMILES string of the molecule is CCN(CC)C(=O)CCc1ccc(-n2nc(C)cc2C)cc1. The maximum Gasteiger partial charge on any atom is 0.222 e. The summed E-state index contributed by atoms with van der Waals surface area (Å²) in [6.07, 6.45) is 1.35. The van der Waals surface area contributed by atoms with Gasteiger partial charge < -0.3 is 4.90 Å². The zero-order valence-electron chi connectivity index (χ0n) is 14.0. The number of carbonyl (C=O) groups excluding carboxylic acids is 1. The highest BCUT2D eigenvalue weighted by atomic mass is 16.2. The van der Waals surface area contributed by atoms with Gasteiger partial charge in [-0.3, -0.25) is 4.79 Å². The second-order valence-corrected chi connectivity index (χ2v) is 5.57. The number of amides is 1. The molecule has 1 amide bonds. The average molecular weight is 299 g/mol. The summed E-state index contributed by atoms with van der Waals surface area (Å²) in [6, 6.07) is 10.4. The topological polar surface area (TPSA) is 38.1 Å². The van der Waals surface area contributed by atoms with Gasteiger partial charge in [-0.05, 0) is 57.9 Å². The third-order valence-electron chi connectivity index (χ3n) is 3.93. The molecule has 0 aliphatic rings. The van der Waals surface area contributed by atoms with Gasteiger partial charge in [0.05, 0.1) is 11.4 Å². The lowest BCUT2D eigenvalue weighted by Gasteiger charge is -2.18. The fourth-order valence-corrected chi connectivity index (χ4v) is 2.68. The lowest BCUT2D eigenvalue weighted by atomic mass is 10.1. The van der Waals surface area contributed by atoms with E-state index in [1.165, 1.54) is 5.56 Å². The molecule has 0 unspecified atom stereocenters. The van der Waals surface area contributed by atoms with Crippen molar-refractivity contribution in [1.82, 2.24) is 14.7 Å². The average Bonchev–Trinajstić information content (AvgIpc) is 2.85. The third kappa shape index (κ3) is 3.75. The van der Waals surface area contributed by atoms with E-state index in [1.807, 2.05) is 30.4 Å². The maximum absolute atomic E-state index is 12.0. The first-order chi connectivity index (χ1) is 10.5. The van der Waals surface area contributed by atoms with Gasteiger partial charge in [-0.2, -0.15) is 5.10 Å². The Kier molecular flexibility index (Phi) is 5.36. The van der Waals surface area contributed by atoms with Gasteiger partial charge in [0.25, 0.3) is 0 Å². The molecule has 118 valence electrons. The van der Waals surface area contributed by atoms with Gasteiger partial charge in [-0.1, -0.05) is 12.1 Å². The highest BCUT2D eigenvalue weighted by Gasteiger charge is 2.09. The minimum atomic E-state index is 0.229. The molecule has 1 aromatic heterocycles. The summed E-state index contributed by atoms with van der Waals surface area (Å²) in [5.41, 5.74) is 4.39. The van der Waals surface area contributed by atoms with Crippen LogP contribution < -0.4 is 0 Å². The van der Waals surface area contributed by atoms with Crippen LogP contribution in [0, 0.1) is 13.8 Å². The van der Waals surface area contributed by atoms with Gasteiger partial charge >= 0.3 is 0 Å². The normalized spacial score (nSPS) is 10.7. The molecule has 0 atom stereocenters. The molecule has 0 bridgehead atoms. The predicted octanol–water partition coefficient (Wildman–Crippen LogP) is 3.29. The van der Waals surface area contributed by atoms with Crippen LogP contribution in [0.4, 0.5) is 0 Å². The summed E-state index contributed by atoms with van der Waals surface area (Å²) in [6.45, 7) is 9.65. The van der Waals surface area contributed by atoms with Gasteiger partial charge in [-0.15, -0.1) is 0 Å². The van der Waals surface area contributed by atoms with Crippen LogP contribution in [0.2, 0.25) is 0 Å². The molecule has 0 saturated carbocycles. The van der Waals surface area contributed by atoms with Crippen molar-refractivity contribution in [3.05, 3.63) is 47.3 Å². The van der Waals surface area contributed by atoms with E-state index in [4.69, 9.17) is 0 Å². The molecule has 0 saturated heterocycles. The van der Waals surface area contributed by atoms with Crippen LogP contribution in [0.25, 0.3) is 5.69 Å². The van der Waals surface area contributed by atoms with Crippen molar-refractivity contribution in [1.29, 1.82) is 0 Å². The number of carbonyl (C=O) groups is 1.